The smallest absolute Gasteiger partial charge is 0.408 e. The van der Waals surface area contributed by atoms with Crippen LogP contribution in [0.1, 0.15) is 74.1 Å². The van der Waals surface area contributed by atoms with Crippen LogP contribution in [0.3, 0.4) is 0 Å². The second-order valence-corrected chi connectivity index (χ2v) is 8.57. The molecule has 0 aliphatic heterocycles. The van der Waals surface area contributed by atoms with Crippen LogP contribution in [0.5, 0.6) is 0 Å². The van der Waals surface area contributed by atoms with Gasteiger partial charge in [0.05, 0.1) is 12.1 Å². The second-order valence-electron chi connectivity index (χ2n) is 8.57. The average Bonchev–Trinajstić information content (AvgIpc) is 2.54. The van der Waals surface area contributed by atoms with Crippen molar-refractivity contribution in [2.45, 2.75) is 97.9 Å². The molecule has 0 rings (SSSR count). The molecule has 0 saturated carbocycles. The maximum Gasteiger partial charge on any atom is 0.408 e. The van der Waals surface area contributed by atoms with Gasteiger partial charge in [0.1, 0.15) is 17.9 Å². The Kier molecular flexibility index (Phi) is 11.2. The monoisotopic (exact) mass is 386 g/mol. The van der Waals surface area contributed by atoms with Crippen molar-refractivity contribution in [1.29, 1.82) is 0 Å². The van der Waals surface area contributed by atoms with E-state index in [-0.39, 0.29) is 30.6 Å². The lowest BCUT2D eigenvalue weighted by Crippen LogP contribution is -2.55. The Morgan fingerprint density at radius 1 is 1.15 bits per heavy atom. The third-order valence-corrected chi connectivity index (χ3v) is 4.27. The first kappa shape index (κ1) is 25.4. The Hall–Kier alpha value is -1.63. The highest BCUT2D eigenvalue weighted by atomic mass is 16.6. The molecular weight excluding hydrogens is 348 g/mol. The number of hydrogen-bond acceptors (Lipinski definition) is 5. The van der Waals surface area contributed by atoms with Crippen LogP contribution < -0.4 is 10.6 Å². The molecule has 0 bridgehead atoms. The standard InChI is InChI=1S/C20H38N2O5/c1-8-14(4)17(22-19(26)27-20(5,6)7)18(25)21-15(12-13(2)3)16(24)10-9-11-23/h11,13-17,24H,8-10,12H2,1-7H3,(H,21,25)(H,22,26)/t14-,15?,16?,17-/m0/s1. The summed E-state index contributed by atoms with van der Waals surface area (Å²) in [5, 5.41) is 15.9. The molecule has 7 heteroatoms. The van der Waals surface area contributed by atoms with Crippen molar-refractivity contribution in [2.24, 2.45) is 11.8 Å². The van der Waals surface area contributed by atoms with E-state index in [4.69, 9.17) is 4.74 Å². The van der Waals surface area contributed by atoms with Gasteiger partial charge in [-0.05, 0) is 45.4 Å². The third kappa shape index (κ3) is 11.0. The van der Waals surface area contributed by atoms with Gasteiger partial charge in [-0.2, -0.15) is 0 Å². The minimum Gasteiger partial charge on any atom is -0.444 e. The van der Waals surface area contributed by atoms with E-state index in [1.807, 2.05) is 27.7 Å². The number of hydrogen-bond donors (Lipinski definition) is 3. The quantitative estimate of drug-likeness (QED) is 0.474. The van der Waals surface area contributed by atoms with Crippen molar-refractivity contribution >= 4 is 18.3 Å². The molecule has 27 heavy (non-hydrogen) atoms. The minimum atomic E-state index is -0.819. The molecule has 7 nitrogen and oxygen atoms in total. The Morgan fingerprint density at radius 3 is 2.19 bits per heavy atom. The highest BCUT2D eigenvalue weighted by Gasteiger charge is 2.31. The predicted molar refractivity (Wildman–Crippen MR) is 105 cm³/mol. The summed E-state index contributed by atoms with van der Waals surface area (Å²) < 4.78 is 5.26. The maximum atomic E-state index is 12.9. The minimum absolute atomic E-state index is 0.107. The number of aldehydes is 1. The molecule has 2 unspecified atom stereocenters. The van der Waals surface area contributed by atoms with Crippen molar-refractivity contribution < 1.29 is 24.2 Å². The Morgan fingerprint density at radius 2 is 1.74 bits per heavy atom. The van der Waals surface area contributed by atoms with E-state index < -0.39 is 29.9 Å². The van der Waals surface area contributed by atoms with Crippen LogP contribution in [-0.2, 0) is 14.3 Å². The van der Waals surface area contributed by atoms with Crippen molar-refractivity contribution in [3.05, 3.63) is 0 Å². The van der Waals surface area contributed by atoms with E-state index in [9.17, 15) is 19.5 Å². The summed E-state index contributed by atoms with van der Waals surface area (Å²) in [6, 6.07) is -1.25. The van der Waals surface area contributed by atoms with Gasteiger partial charge in [0.15, 0.2) is 0 Å². The predicted octanol–water partition coefficient (Wildman–Crippen LogP) is 2.80. The summed E-state index contributed by atoms with van der Waals surface area (Å²) >= 11 is 0. The van der Waals surface area contributed by atoms with E-state index >= 15 is 0 Å². The molecule has 3 N–H and O–H groups in total. The van der Waals surface area contributed by atoms with Crippen molar-refractivity contribution in [2.75, 3.05) is 0 Å². The summed E-state index contributed by atoms with van der Waals surface area (Å²) in [5.74, 6) is -0.211. The zero-order valence-corrected chi connectivity index (χ0v) is 17.9. The van der Waals surface area contributed by atoms with E-state index in [1.165, 1.54) is 0 Å². The molecule has 0 spiro atoms. The number of alkyl carbamates (subject to hydrolysis) is 1. The van der Waals surface area contributed by atoms with E-state index in [0.29, 0.717) is 12.8 Å². The van der Waals surface area contributed by atoms with Crippen LogP contribution in [0.15, 0.2) is 0 Å². The number of rotatable bonds is 11. The number of carbonyl (C=O) groups is 3. The molecule has 0 aliphatic rings. The number of ether oxygens (including phenoxy) is 1. The molecule has 0 aliphatic carbocycles. The topological polar surface area (TPSA) is 105 Å². The van der Waals surface area contributed by atoms with Gasteiger partial charge in [-0.25, -0.2) is 4.79 Å². The molecule has 4 atom stereocenters. The first-order valence-corrected chi connectivity index (χ1v) is 9.82. The molecule has 0 radical (unpaired) electrons. The second kappa shape index (κ2) is 12.0. The summed E-state index contributed by atoms with van der Waals surface area (Å²) in [5.41, 5.74) is -0.661. The Bertz CT molecular complexity index is 473. The first-order chi connectivity index (χ1) is 12.4. The number of aliphatic hydroxyl groups is 1. The molecule has 158 valence electrons. The Balaban J connectivity index is 5.20. The lowest BCUT2D eigenvalue weighted by atomic mass is 9.94. The lowest BCUT2D eigenvalue weighted by molar-refractivity contribution is -0.126. The molecular formula is C20H38N2O5. The average molecular weight is 387 g/mol. The van der Waals surface area contributed by atoms with Crippen molar-refractivity contribution in [1.82, 2.24) is 10.6 Å². The summed E-state index contributed by atoms with van der Waals surface area (Å²) in [7, 11) is 0. The molecule has 0 aromatic rings. The van der Waals surface area contributed by atoms with Crippen LogP contribution in [0.25, 0.3) is 0 Å². The fourth-order valence-corrected chi connectivity index (χ4v) is 2.67. The maximum absolute atomic E-state index is 12.9. The molecule has 0 saturated heterocycles. The van der Waals surface area contributed by atoms with Crippen LogP contribution in [0.2, 0.25) is 0 Å². The van der Waals surface area contributed by atoms with Gasteiger partial charge < -0.3 is 25.3 Å². The number of amides is 2. The van der Waals surface area contributed by atoms with Crippen LogP contribution >= 0.6 is 0 Å². The van der Waals surface area contributed by atoms with Gasteiger partial charge in [-0.1, -0.05) is 34.1 Å². The third-order valence-electron chi connectivity index (χ3n) is 4.27. The van der Waals surface area contributed by atoms with Gasteiger partial charge in [-0.15, -0.1) is 0 Å². The molecule has 2 amide bonds. The van der Waals surface area contributed by atoms with Gasteiger partial charge in [0.25, 0.3) is 0 Å². The number of carbonyl (C=O) groups excluding carboxylic acids is 3. The highest BCUT2D eigenvalue weighted by Crippen LogP contribution is 2.15. The van der Waals surface area contributed by atoms with Crippen molar-refractivity contribution in [3.63, 3.8) is 0 Å². The molecule has 0 heterocycles. The van der Waals surface area contributed by atoms with Crippen LogP contribution in [-0.4, -0.2) is 47.2 Å². The first-order valence-electron chi connectivity index (χ1n) is 9.82. The molecule has 0 aromatic heterocycles. The van der Waals surface area contributed by atoms with E-state index in [1.54, 1.807) is 20.8 Å². The van der Waals surface area contributed by atoms with Crippen LogP contribution in [0, 0.1) is 11.8 Å². The van der Waals surface area contributed by atoms with Gasteiger partial charge in [0.2, 0.25) is 5.91 Å². The van der Waals surface area contributed by atoms with Gasteiger partial charge in [-0.3, -0.25) is 4.79 Å². The fraction of sp³-hybridized carbons (Fsp3) is 0.850. The molecule has 0 aromatic carbocycles. The summed E-state index contributed by atoms with van der Waals surface area (Å²) in [6.45, 7) is 13.1. The van der Waals surface area contributed by atoms with Gasteiger partial charge >= 0.3 is 6.09 Å². The zero-order valence-electron chi connectivity index (χ0n) is 17.9. The summed E-state index contributed by atoms with van der Waals surface area (Å²) in [6.07, 6.45) is 1.07. The van der Waals surface area contributed by atoms with Crippen molar-refractivity contribution in [3.8, 4) is 0 Å². The van der Waals surface area contributed by atoms with E-state index in [0.717, 1.165) is 6.29 Å². The normalized spacial score (nSPS) is 16.2. The lowest BCUT2D eigenvalue weighted by Gasteiger charge is -2.30. The molecule has 0 fully saturated rings. The Labute approximate surface area is 163 Å². The van der Waals surface area contributed by atoms with E-state index in [2.05, 4.69) is 10.6 Å². The number of aliphatic hydroxyl groups excluding tert-OH is 1. The SMILES string of the molecule is CC[C@H](C)[C@H](NC(=O)OC(C)(C)C)C(=O)NC(CC(C)C)C(O)CCC=O. The summed E-state index contributed by atoms with van der Waals surface area (Å²) in [4.78, 5) is 35.6. The number of nitrogens with one attached hydrogen (secondary N) is 2. The fourth-order valence-electron chi connectivity index (χ4n) is 2.67. The van der Waals surface area contributed by atoms with Crippen LogP contribution in [0.4, 0.5) is 4.79 Å². The largest absolute Gasteiger partial charge is 0.444 e. The van der Waals surface area contributed by atoms with Gasteiger partial charge in [0, 0.05) is 6.42 Å². The zero-order chi connectivity index (χ0) is 21.2. The highest BCUT2D eigenvalue weighted by molar-refractivity contribution is 5.86.